The zero-order chi connectivity index (χ0) is 16.7. The van der Waals surface area contributed by atoms with Crippen LogP contribution in [0.3, 0.4) is 0 Å². The molecule has 3 rings (SSSR count). The number of hydrogen-bond acceptors (Lipinski definition) is 1. The molecular weight excluding hydrogens is 278 g/mol. The first kappa shape index (κ1) is 17.2. The van der Waals surface area contributed by atoms with Crippen molar-refractivity contribution in [3.05, 3.63) is 96.1 Å². The number of likely N-dealkylation sites (N-methyl/N-ethyl adjacent to an activating group) is 1. The molecule has 2 aromatic rings. The molecule has 1 nitrogen and oxygen atoms in total. The fraction of sp³-hybridized carbons (Fsp3) is 0.273. The minimum Gasteiger partial charge on any atom is -0.301 e. The molecule has 0 saturated carbocycles. The Morgan fingerprint density at radius 2 is 1.78 bits per heavy atom. The monoisotopic (exact) mass is 305 g/mol. The molecule has 2 aromatic carbocycles. The van der Waals surface area contributed by atoms with Crippen molar-refractivity contribution in [2.45, 2.75) is 25.8 Å². The molecule has 0 fully saturated rings. The van der Waals surface area contributed by atoms with Gasteiger partial charge in [0.1, 0.15) is 0 Å². The van der Waals surface area contributed by atoms with Gasteiger partial charge in [0.05, 0.1) is 0 Å². The van der Waals surface area contributed by atoms with Gasteiger partial charge in [0.25, 0.3) is 0 Å². The van der Waals surface area contributed by atoms with Crippen molar-refractivity contribution in [1.82, 2.24) is 4.90 Å². The summed E-state index contributed by atoms with van der Waals surface area (Å²) in [6.07, 6.45) is 4.40. The van der Waals surface area contributed by atoms with E-state index < -0.39 is 0 Å². The predicted molar refractivity (Wildman–Crippen MR) is 101 cm³/mol. The molecule has 0 radical (unpaired) electrons. The Morgan fingerprint density at radius 3 is 2.39 bits per heavy atom. The summed E-state index contributed by atoms with van der Waals surface area (Å²) in [5, 5.41) is 0. The summed E-state index contributed by atoms with van der Waals surface area (Å²) < 4.78 is 0. The number of aryl methyl sites for hydroxylation is 1. The Morgan fingerprint density at radius 1 is 1.09 bits per heavy atom. The van der Waals surface area contributed by atoms with E-state index in [1.165, 1.54) is 22.3 Å². The summed E-state index contributed by atoms with van der Waals surface area (Å²) in [6, 6.07) is 17.9. The van der Waals surface area contributed by atoms with Crippen LogP contribution in [0.4, 0.5) is 0 Å². The van der Waals surface area contributed by atoms with Crippen molar-refractivity contribution in [3.8, 4) is 0 Å². The van der Waals surface area contributed by atoms with Crippen LogP contribution in [0.15, 0.2) is 73.8 Å². The summed E-state index contributed by atoms with van der Waals surface area (Å²) in [5.41, 5.74) is 5.89. The van der Waals surface area contributed by atoms with Crippen molar-refractivity contribution in [3.63, 3.8) is 0 Å². The van der Waals surface area contributed by atoms with Crippen molar-refractivity contribution < 1.29 is 0 Å². The molecule has 1 aliphatic heterocycles. The highest BCUT2D eigenvalue weighted by molar-refractivity contribution is 5.42. The highest BCUT2D eigenvalue weighted by Gasteiger charge is 2.24. The molecular formula is C22H27N. The Bertz CT molecular complexity index is 636. The second-order valence-corrected chi connectivity index (χ2v) is 6.02. The van der Waals surface area contributed by atoms with E-state index in [0.29, 0.717) is 5.92 Å². The number of benzene rings is 2. The third-order valence-corrected chi connectivity index (χ3v) is 4.29. The van der Waals surface area contributed by atoms with Gasteiger partial charge in [-0.15, -0.1) is 0 Å². The van der Waals surface area contributed by atoms with Crippen LogP contribution >= 0.6 is 0 Å². The van der Waals surface area contributed by atoms with Gasteiger partial charge in [-0.05, 0) is 35.7 Å². The van der Waals surface area contributed by atoms with Gasteiger partial charge in [-0.2, -0.15) is 0 Å². The van der Waals surface area contributed by atoms with Crippen LogP contribution in [-0.4, -0.2) is 18.5 Å². The quantitative estimate of drug-likeness (QED) is 0.706. The molecule has 120 valence electrons. The number of allylic oxidation sites excluding steroid dienone is 2. The average molecular weight is 305 g/mol. The average Bonchev–Trinajstić information content (AvgIpc) is 2.61. The molecule has 0 aromatic heterocycles. The third-order valence-electron chi connectivity index (χ3n) is 4.29. The van der Waals surface area contributed by atoms with Gasteiger partial charge < -0.3 is 4.90 Å². The first-order chi connectivity index (χ1) is 11.2. The standard InChI is InChI=1S/C18H21N.C4H6/c1-3-14-9-10-17-16(11-14)12-19(2)13-18(17)15-7-5-4-6-8-15;1-3-4-2/h4-11,18H,3,12-13H2,1-2H3;3-4H,1-2H2. The van der Waals surface area contributed by atoms with E-state index in [9.17, 15) is 0 Å². The molecule has 0 spiro atoms. The fourth-order valence-electron chi connectivity index (χ4n) is 3.09. The van der Waals surface area contributed by atoms with Crippen LogP contribution in [0.2, 0.25) is 0 Å². The minimum atomic E-state index is 0.515. The molecule has 0 bridgehead atoms. The molecule has 1 heteroatoms. The van der Waals surface area contributed by atoms with Gasteiger partial charge in [-0.3, -0.25) is 0 Å². The highest BCUT2D eigenvalue weighted by Crippen LogP contribution is 2.33. The first-order valence-corrected chi connectivity index (χ1v) is 8.28. The third kappa shape index (κ3) is 4.43. The zero-order valence-electron chi connectivity index (χ0n) is 14.3. The van der Waals surface area contributed by atoms with E-state index in [4.69, 9.17) is 0 Å². The fourth-order valence-corrected chi connectivity index (χ4v) is 3.09. The number of fused-ring (bicyclic) bond motifs is 1. The van der Waals surface area contributed by atoms with E-state index in [1.54, 1.807) is 12.2 Å². The summed E-state index contributed by atoms with van der Waals surface area (Å²) in [7, 11) is 2.22. The lowest BCUT2D eigenvalue weighted by atomic mass is 9.84. The van der Waals surface area contributed by atoms with Gasteiger partial charge in [0, 0.05) is 19.0 Å². The molecule has 0 aliphatic carbocycles. The molecule has 0 amide bonds. The minimum absolute atomic E-state index is 0.515. The van der Waals surface area contributed by atoms with Crippen LogP contribution in [0, 0.1) is 0 Å². The van der Waals surface area contributed by atoms with Gasteiger partial charge in [0.2, 0.25) is 0 Å². The van der Waals surface area contributed by atoms with E-state index in [-0.39, 0.29) is 0 Å². The topological polar surface area (TPSA) is 3.24 Å². The molecule has 1 unspecified atom stereocenters. The van der Waals surface area contributed by atoms with Gasteiger partial charge in [0.15, 0.2) is 0 Å². The molecule has 1 heterocycles. The van der Waals surface area contributed by atoms with Gasteiger partial charge >= 0.3 is 0 Å². The molecule has 1 aliphatic rings. The zero-order valence-corrected chi connectivity index (χ0v) is 14.3. The maximum atomic E-state index is 3.36. The Hall–Kier alpha value is -2.12. The maximum absolute atomic E-state index is 3.36. The van der Waals surface area contributed by atoms with Crippen LogP contribution < -0.4 is 0 Å². The molecule has 0 N–H and O–H groups in total. The molecule has 0 saturated heterocycles. The summed E-state index contributed by atoms with van der Waals surface area (Å²) >= 11 is 0. The second kappa shape index (κ2) is 8.50. The normalized spacial score (nSPS) is 16.7. The van der Waals surface area contributed by atoms with Gasteiger partial charge in [-0.25, -0.2) is 0 Å². The van der Waals surface area contributed by atoms with Crippen molar-refractivity contribution >= 4 is 0 Å². The highest BCUT2D eigenvalue weighted by atomic mass is 15.1. The Labute approximate surface area is 141 Å². The van der Waals surface area contributed by atoms with Crippen LogP contribution in [0.25, 0.3) is 0 Å². The summed E-state index contributed by atoms with van der Waals surface area (Å²) in [4.78, 5) is 2.43. The van der Waals surface area contributed by atoms with Gasteiger partial charge in [-0.1, -0.05) is 80.8 Å². The Kier molecular flexibility index (Phi) is 6.37. The van der Waals surface area contributed by atoms with Crippen molar-refractivity contribution in [2.24, 2.45) is 0 Å². The lowest BCUT2D eigenvalue weighted by Gasteiger charge is -2.33. The number of rotatable bonds is 3. The van der Waals surface area contributed by atoms with E-state index >= 15 is 0 Å². The summed E-state index contributed by atoms with van der Waals surface area (Å²) in [6.45, 7) is 11.1. The molecule has 23 heavy (non-hydrogen) atoms. The summed E-state index contributed by atoms with van der Waals surface area (Å²) in [5.74, 6) is 0.515. The van der Waals surface area contributed by atoms with E-state index in [0.717, 1.165) is 19.5 Å². The predicted octanol–water partition coefficient (Wildman–Crippen LogP) is 5.18. The van der Waals surface area contributed by atoms with Crippen LogP contribution in [0.1, 0.15) is 35.1 Å². The van der Waals surface area contributed by atoms with Crippen molar-refractivity contribution in [1.29, 1.82) is 0 Å². The largest absolute Gasteiger partial charge is 0.301 e. The number of nitrogens with zero attached hydrogens (tertiary/aromatic N) is 1. The lowest BCUT2D eigenvalue weighted by molar-refractivity contribution is 0.295. The second-order valence-electron chi connectivity index (χ2n) is 6.02. The Balaban J connectivity index is 0.000000433. The SMILES string of the molecule is C=CC=C.CCc1ccc2c(c1)CN(C)CC2c1ccccc1. The van der Waals surface area contributed by atoms with Crippen LogP contribution in [0.5, 0.6) is 0 Å². The smallest absolute Gasteiger partial charge is 0.0234 e. The maximum Gasteiger partial charge on any atom is 0.0234 e. The first-order valence-electron chi connectivity index (χ1n) is 8.28. The van der Waals surface area contributed by atoms with E-state index in [2.05, 4.69) is 80.6 Å². The molecule has 1 atom stereocenters. The van der Waals surface area contributed by atoms with E-state index in [1.807, 2.05) is 0 Å². The van der Waals surface area contributed by atoms with Crippen LogP contribution in [-0.2, 0) is 13.0 Å². The lowest BCUT2D eigenvalue weighted by Crippen LogP contribution is -2.31. The van der Waals surface area contributed by atoms with Crippen molar-refractivity contribution in [2.75, 3.05) is 13.6 Å². The number of hydrogen-bond donors (Lipinski definition) is 0.